The van der Waals surface area contributed by atoms with Crippen molar-refractivity contribution >= 4 is 13.9 Å². The summed E-state index contributed by atoms with van der Waals surface area (Å²) in [7, 11) is 3.68. The molecular formula is C16H28BN3O3. The lowest BCUT2D eigenvalue weighted by Gasteiger charge is -2.18. The van der Waals surface area contributed by atoms with E-state index in [1.54, 1.807) is 7.11 Å². The maximum Gasteiger partial charge on any atom is 0.220 e. The number of carbonyl (C=O) groups is 1. The number of ether oxygens (including phenoxy) is 2. The Morgan fingerprint density at radius 2 is 2.22 bits per heavy atom. The van der Waals surface area contributed by atoms with Gasteiger partial charge in [-0.25, -0.2) is 0 Å². The highest BCUT2D eigenvalue weighted by molar-refractivity contribution is 6.04. The zero-order valence-electron chi connectivity index (χ0n) is 14.4. The van der Waals surface area contributed by atoms with Crippen LogP contribution in [0.2, 0.25) is 0 Å². The summed E-state index contributed by atoms with van der Waals surface area (Å²) in [5.74, 6) is 1.62. The van der Waals surface area contributed by atoms with Crippen molar-refractivity contribution in [1.29, 1.82) is 0 Å². The normalized spacial score (nSPS) is 10.6. The number of rotatable bonds is 11. The molecule has 0 saturated heterocycles. The Hall–Kier alpha value is -1.73. The molecule has 23 heavy (non-hydrogen) atoms. The molecule has 0 fully saturated rings. The van der Waals surface area contributed by atoms with Crippen LogP contribution in [-0.4, -0.2) is 52.1 Å². The van der Waals surface area contributed by atoms with Crippen LogP contribution in [0.3, 0.4) is 0 Å². The van der Waals surface area contributed by atoms with Crippen LogP contribution in [0.4, 0.5) is 0 Å². The Morgan fingerprint density at radius 3 is 2.87 bits per heavy atom. The van der Waals surface area contributed by atoms with Gasteiger partial charge in [0.1, 0.15) is 11.5 Å². The molecule has 1 aromatic rings. The molecule has 0 spiro atoms. The van der Waals surface area contributed by atoms with E-state index in [0.29, 0.717) is 32.5 Å². The first-order chi connectivity index (χ1) is 11.1. The first-order valence-electron chi connectivity index (χ1n) is 8.05. The van der Waals surface area contributed by atoms with E-state index in [1.807, 2.05) is 33.1 Å². The minimum Gasteiger partial charge on any atom is -0.496 e. The Bertz CT molecular complexity index is 486. The Labute approximate surface area is 139 Å². The second kappa shape index (κ2) is 10.9. The third-order valence-electron chi connectivity index (χ3n) is 3.40. The lowest BCUT2D eigenvalue weighted by molar-refractivity contribution is -0.121. The monoisotopic (exact) mass is 321 g/mol. The highest BCUT2D eigenvalue weighted by Crippen LogP contribution is 2.25. The van der Waals surface area contributed by atoms with Gasteiger partial charge in [-0.1, -0.05) is 6.07 Å². The van der Waals surface area contributed by atoms with Crippen molar-refractivity contribution in [2.24, 2.45) is 5.73 Å². The molecule has 0 heterocycles. The van der Waals surface area contributed by atoms with Crippen molar-refractivity contribution in [3.8, 4) is 11.5 Å². The fourth-order valence-electron chi connectivity index (χ4n) is 2.24. The van der Waals surface area contributed by atoms with E-state index in [1.165, 1.54) is 0 Å². The van der Waals surface area contributed by atoms with E-state index in [2.05, 4.69) is 10.1 Å². The molecule has 0 aliphatic rings. The zero-order valence-corrected chi connectivity index (χ0v) is 14.4. The van der Waals surface area contributed by atoms with Gasteiger partial charge in [0.25, 0.3) is 0 Å². The van der Waals surface area contributed by atoms with Gasteiger partial charge in [0, 0.05) is 37.7 Å². The summed E-state index contributed by atoms with van der Waals surface area (Å²) >= 11 is 0. The van der Waals surface area contributed by atoms with Gasteiger partial charge in [-0.3, -0.25) is 4.79 Å². The molecule has 0 bridgehead atoms. The lowest BCUT2D eigenvalue weighted by Crippen LogP contribution is -2.26. The van der Waals surface area contributed by atoms with Gasteiger partial charge in [-0.15, -0.1) is 0 Å². The minimum atomic E-state index is 0.0620. The summed E-state index contributed by atoms with van der Waals surface area (Å²) in [5.41, 5.74) is 6.66. The van der Waals surface area contributed by atoms with Crippen LogP contribution in [-0.2, 0) is 11.3 Å². The van der Waals surface area contributed by atoms with Crippen molar-refractivity contribution in [1.82, 2.24) is 10.1 Å². The van der Waals surface area contributed by atoms with E-state index < -0.39 is 0 Å². The summed E-state index contributed by atoms with van der Waals surface area (Å²) in [6.07, 6.45) is 1.17. The zero-order chi connectivity index (χ0) is 17.1. The van der Waals surface area contributed by atoms with Crippen LogP contribution >= 0.6 is 0 Å². The molecule has 1 amide bonds. The molecule has 0 aliphatic heterocycles. The average Bonchev–Trinajstić information content (AvgIpc) is 2.53. The molecule has 0 aliphatic carbocycles. The number of nitrogens with one attached hydrogen (secondary N) is 1. The standard InChI is InChI=1S/C16H28BN3O3/c1-3-19-16(21)5-4-10-23-14-7-6-13(15(11-14)22-2)12-20(17)9-8-18/h6-7,11H,3-5,8-10,12,17-18H2,1-2H3,(H,19,21). The largest absolute Gasteiger partial charge is 0.496 e. The third kappa shape index (κ3) is 7.39. The Morgan fingerprint density at radius 1 is 1.43 bits per heavy atom. The van der Waals surface area contributed by atoms with Gasteiger partial charge in [-0.2, -0.15) is 0 Å². The fraction of sp³-hybridized carbons (Fsp3) is 0.562. The number of nitrogens with zero attached hydrogens (tertiary/aromatic N) is 1. The van der Waals surface area contributed by atoms with Gasteiger partial charge >= 0.3 is 0 Å². The molecule has 0 atom stereocenters. The molecule has 0 unspecified atom stereocenters. The summed E-state index contributed by atoms with van der Waals surface area (Å²) in [4.78, 5) is 13.5. The SMILES string of the molecule is BN(CCN)Cc1ccc(OCCCC(=O)NCC)cc1OC. The number of amides is 1. The second-order valence-corrected chi connectivity index (χ2v) is 5.41. The highest BCUT2D eigenvalue weighted by Gasteiger charge is 2.08. The molecule has 0 aromatic heterocycles. The molecule has 1 aromatic carbocycles. The molecule has 7 heteroatoms. The van der Waals surface area contributed by atoms with E-state index in [0.717, 1.165) is 30.2 Å². The molecule has 0 radical (unpaired) electrons. The van der Waals surface area contributed by atoms with E-state index in [4.69, 9.17) is 15.2 Å². The van der Waals surface area contributed by atoms with E-state index in [9.17, 15) is 4.79 Å². The van der Waals surface area contributed by atoms with Crippen molar-refractivity contribution < 1.29 is 14.3 Å². The first kappa shape index (κ1) is 19.3. The van der Waals surface area contributed by atoms with E-state index >= 15 is 0 Å². The van der Waals surface area contributed by atoms with Crippen LogP contribution in [0.25, 0.3) is 0 Å². The van der Waals surface area contributed by atoms with E-state index in [-0.39, 0.29) is 5.91 Å². The third-order valence-corrected chi connectivity index (χ3v) is 3.40. The minimum absolute atomic E-state index is 0.0620. The van der Waals surface area contributed by atoms with Crippen molar-refractivity contribution in [2.45, 2.75) is 26.3 Å². The summed E-state index contributed by atoms with van der Waals surface area (Å²) in [6.45, 7) is 5.32. The van der Waals surface area contributed by atoms with Gasteiger partial charge in [0.2, 0.25) is 5.91 Å². The van der Waals surface area contributed by atoms with Gasteiger partial charge < -0.3 is 25.3 Å². The summed E-state index contributed by atoms with van der Waals surface area (Å²) in [5, 5.41) is 2.77. The fourth-order valence-corrected chi connectivity index (χ4v) is 2.24. The second-order valence-electron chi connectivity index (χ2n) is 5.41. The summed E-state index contributed by atoms with van der Waals surface area (Å²) < 4.78 is 11.1. The average molecular weight is 321 g/mol. The Kier molecular flexibility index (Phi) is 9.17. The Balaban J connectivity index is 2.50. The number of nitrogens with two attached hydrogens (primary N) is 1. The number of hydrogen-bond acceptors (Lipinski definition) is 5. The topological polar surface area (TPSA) is 76.8 Å². The van der Waals surface area contributed by atoms with Gasteiger partial charge in [0.05, 0.1) is 13.7 Å². The van der Waals surface area contributed by atoms with Crippen molar-refractivity contribution in [3.63, 3.8) is 0 Å². The molecule has 3 N–H and O–H groups in total. The predicted octanol–water partition coefficient (Wildman–Crippen LogP) is 0.299. The smallest absolute Gasteiger partial charge is 0.220 e. The number of methoxy groups -OCH3 is 1. The van der Waals surface area contributed by atoms with Crippen LogP contribution in [0.5, 0.6) is 11.5 Å². The van der Waals surface area contributed by atoms with Crippen LogP contribution in [0.1, 0.15) is 25.3 Å². The lowest BCUT2D eigenvalue weighted by atomic mass is 10.1. The number of carbonyl (C=O) groups excluding carboxylic acids is 1. The summed E-state index contributed by atoms with van der Waals surface area (Å²) in [6, 6.07) is 5.82. The first-order valence-corrected chi connectivity index (χ1v) is 8.05. The van der Waals surface area contributed by atoms with Gasteiger partial charge in [0.15, 0.2) is 7.98 Å². The van der Waals surface area contributed by atoms with Crippen molar-refractivity contribution in [2.75, 3.05) is 33.4 Å². The maximum atomic E-state index is 11.4. The van der Waals surface area contributed by atoms with Gasteiger partial charge in [-0.05, 0) is 26.0 Å². The molecule has 128 valence electrons. The molecule has 1 rings (SSSR count). The number of benzene rings is 1. The van der Waals surface area contributed by atoms with Crippen LogP contribution in [0, 0.1) is 0 Å². The highest BCUT2D eigenvalue weighted by atomic mass is 16.5. The molecule has 6 nitrogen and oxygen atoms in total. The van der Waals surface area contributed by atoms with Crippen LogP contribution < -0.4 is 20.5 Å². The molecular weight excluding hydrogens is 293 g/mol. The quantitative estimate of drug-likeness (QED) is 0.453. The van der Waals surface area contributed by atoms with Crippen molar-refractivity contribution in [3.05, 3.63) is 23.8 Å². The molecule has 0 saturated carbocycles. The maximum absolute atomic E-state index is 11.4. The number of hydrogen-bond donors (Lipinski definition) is 2. The van der Waals surface area contributed by atoms with Crippen LogP contribution in [0.15, 0.2) is 18.2 Å². The predicted molar refractivity (Wildman–Crippen MR) is 94.4 cm³/mol.